The van der Waals surface area contributed by atoms with Gasteiger partial charge in [0, 0.05) is 19.8 Å². The lowest BCUT2D eigenvalue weighted by atomic mass is 10.2. The van der Waals surface area contributed by atoms with E-state index in [1.165, 1.54) is 0 Å². The van der Waals surface area contributed by atoms with Crippen molar-refractivity contribution in [2.45, 2.75) is 6.54 Å². The number of carbonyl (C=O) groups is 1. The first-order valence-corrected chi connectivity index (χ1v) is 6.26. The van der Waals surface area contributed by atoms with Crippen LogP contribution in [0, 0.1) is 3.57 Å². The number of rotatable bonds is 3. The summed E-state index contributed by atoms with van der Waals surface area (Å²) in [5.41, 5.74) is 1.55. The van der Waals surface area contributed by atoms with Crippen LogP contribution in [0.1, 0.15) is 16.1 Å². The fourth-order valence-corrected chi connectivity index (χ4v) is 2.23. The van der Waals surface area contributed by atoms with Crippen molar-refractivity contribution in [3.05, 3.63) is 51.4 Å². The van der Waals surface area contributed by atoms with Crippen LogP contribution in [0.3, 0.4) is 0 Å². The van der Waals surface area contributed by atoms with Gasteiger partial charge >= 0.3 is 0 Å². The van der Waals surface area contributed by atoms with Gasteiger partial charge in [-0.15, -0.1) is 0 Å². The van der Waals surface area contributed by atoms with Crippen LogP contribution < -0.4 is 5.32 Å². The first-order valence-electron chi connectivity index (χ1n) is 5.18. The van der Waals surface area contributed by atoms with Gasteiger partial charge in [-0.2, -0.15) is 5.10 Å². The number of aromatic nitrogens is 2. The highest BCUT2D eigenvalue weighted by atomic mass is 127. The Morgan fingerprint density at radius 1 is 1.41 bits per heavy atom. The van der Waals surface area contributed by atoms with Gasteiger partial charge < -0.3 is 5.32 Å². The number of hydrogen-bond acceptors (Lipinski definition) is 2. The van der Waals surface area contributed by atoms with Crippen LogP contribution in [-0.4, -0.2) is 15.7 Å². The second-order valence-corrected chi connectivity index (χ2v) is 4.83. The largest absolute Gasteiger partial charge is 0.347 e. The minimum absolute atomic E-state index is 0.140. The van der Waals surface area contributed by atoms with Crippen molar-refractivity contribution >= 4 is 28.5 Å². The molecule has 4 nitrogen and oxygen atoms in total. The zero-order valence-electron chi connectivity index (χ0n) is 9.35. The van der Waals surface area contributed by atoms with Gasteiger partial charge in [-0.1, -0.05) is 30.3 Å². The Bertz CT molecular complexity index is 522. The zero-order chi connectivity index (χ0) is 12.3. The molecule has 1 aromatic carbocycles. The maximum atomic E-state index is 11.9. The molecule has 0 saturated heterocycles. The van der Waals surface area contributed by atoms with Crippen LogP contribution in [0.15, 0.2) is 36.5 Å². The number of nitrogens with one attached hydrogen (secondary N) is 1. The number of amides is 1. The van der Waals surface area contributed by atoms with Crippen LogP contribution in [0.25, 0.3) is 0 Å². The molecule has 0 atom stereocenters. The summed E-state index contributed by atoms with van der Waals surface area (Å²) in [6.07, 6.45) is 1.82. The molecule has 2 rings (SSSR count). The van der Waals surface area contributed by atoms with Crippen LogP contribution in [0.2, 0.25) is 0 Å². The molecule has 0 saturated carbocycles. The van der Waals surface area contributed by atoms with Gasteiger partial charge in [0.25, 0.3) is 5.91 Å². The summed E-state index contributed by atoms with van der Waals surface area (Å²) in [5, 5.41) is 6.97. The number of halogens is 1. The van der Waals surface area contributed by atoms with Crippen molar-refractivity contribution < 1.29 is 4.79 Å². The van der Waals surface area contributed by atoms with Crippen molar-refractivity contribution in [3.63, 3.8) is 0 Å². The molecule has 0 aliphatic heterocycles. The Morgan fingerprint density at radius 2 is 2.12 bits per heavy atom. The van der Waals surface area contributed by atoms with Gasteiger partial charge in [0.15, 0.2) is 5.69 Å². The Hall–Kier alpha value is -1.37. The van der Waals surface area contributed by atoms with E-state index in [1.807, 2.05) is 36.5 Å². The standard InChI is InChI=1S/C12H12IN3O/c1-16-8-10(13)11(15-16)12(17)14-7-9-5-3-2-4-6-9/h2-6,8H,7H2,1H3,(H,14,17). The van der Waals surface area contributed by atoms with Gasteiger partial charge in [-0.05, 0) is 28.2 Å². The van der Waals surface area contributed by atoms with Gasteiger partial charge in [0.2, 0.25) is 0 Å². The number of hydrogen-bond donors (Lipinski definition) is 1. The Balaban J connectivity index is 2.01. The van der Waals surface area contributed by atoms with Gasteiger partial charge in [-0.25, -0.2) is 0 Å². The molecule has 0 fully saturated rings. The van der Waals surface area contributed by atoms with Crippen LogP contribution in [0.4, 0.5) is 0 Å². The number of nitrogens with zero attached hydrogens (tertiary/aromatic N) is 2. The third-order valence-electron chi connectivity index (χ3n) is 2.30. The number of benzene rings is 1. The van der Waals surface area contributed by atoms with Gasteiger partial charge in [0.05, 0.1) is 3.57 Å². The molecule has 0 aliphatic rings. The minimum Gasteiger partial charge on any atom is -0.347 e. The molecule has 0 aliphatic carbocycles. The summed E-state index contributed by atoms with van der Waals surface area (Å²) in [6.45, 7) is 0.520. The van der Waals surface area contributed by atoms with Crippen molar-refractivity contribution in [3.8, 4) is 0 Å². The highest BCUT2D eigenvalue weighted by Crippen LogP contribution is 2.09. The molecule has 0 spiro atoms. The summed E-state index contributed by atoms with van der Waals surface area (Å²) in [5.74, 6) is -0.140. The maximum absolute atomic E-state index is 11.9. The average molecular weight is 341 g/mol. The fourth-order valence-electron chi connectivity index (χ4n) is 1.48. The van der Waals surface area contributed by atoms with E-state index >= 15 is 0 Å². The Labute approximate surface area is 113 Å². The molecule has 17 heavy (non-hydrogen) atoms. The molecule has 1 heterocycles. The smallest absolute Gasteiger partial charge is 0.273 e. The van der Waals surface area contributed by atoms with Crippen molar-refractivity contribution in [2.75, 3.05) is 0 Å². The summed E-state index contributed by atoms with van der Waals surface area (Å²) in [7, 11) is 1.80. The van der Waals surface area contributed by atoms with Gasteiger partial charge in [0.1, 0.15) is 0 Å². The monoisotopic (exact) mass is 341 g/mol. The summed E-state index contributed by atoms with van der Waals surface area (Å²) in [6, 6.07) is 9.80. The SMILES string of the molecule is Cn1cc(I)c(C(=O)NCc2ccccc2)n1. The molecule has 2 aromatic rings. The van der Waals surface area contributed by atoms with E-state index in [1.54, 1.807) is 11.7 Å². The summed E-state index contributed by atoms with van der Waals surface area (Å²) >= 11 is 2.11. The number of aryl methyl sites for hydroxylation is 1. The minimum atomic E-state index is -0.140. The quantitative estimate of drug-likeness (QED) is 0.868. The van der Waals surface area contributed by atoms with E-state index in [4.69, 9.17) is 0 Å². The lowest BCUT2D eigenvalue weighted by Crippen LogP contribution is -2.24. The van der Waals surface area contributed by atoms with Crippen LogP contribution in [0.5, 0.6) is 0 Å². The molecule has 88 valence electrons. The van der Waals surface area contributed by atoms with Crippen molar-refractivity contribution in [1.82, 2.24) is 15.1 Å². The highest BCUT2D eigenvalue weighted by Gasteiger charge is 2.13. The molecular weight excluding hydrogens is 329 g/mol. The van der Waals surface area contributed by atoms with Gasteiger partial charge in [-0.3, -0.25) is 9.48 Å². The van der Waals surface area contributed by atoms with E-state index < -0.39 is 0 Å². The molecular formula is C12H12IN3O. The predicted molar refractivity (Wildman–Crippen MR) is 73.5 cm³/mol. The second kappa shape index (κ2) is 5.31. The average Bonchev–Trinajstić information content (AvgIpc) is 2.67. The molecule has 1 aromatic heterocycles. The maximum Gasteiger partial charge on any atom is 0.273 e. The molecule has 0 bridgehead atoms. The first kappa shape index (κ1) is 12.1. The highest BCUT2D eigenvalue weighted by molar-refractivity contribution is 14.1. The van der Waals surface area contributed by atoms with E-state index in [-0.39, 0.29) is 5.91 Å². The predicted octanol–water partition coefficient (Wildman–Crippen LogP) is 1.95. The van der Waals surface area contributed by atoms with Crippen molar-refractivity contribution in [2.24, 2.45) is 7.05 Å². The zero-order valence-corrected chi connectivity index (χ0v) is 11.5. The first-order chi connectivity index (χ1) is 8.16. The lowest BCUT2D eigenvalue weighted by Gasteiger charge is -2.03. The summed E-state index contributed by atoms with van der Waals surface area (Å²) in [4.78, 5) is 11.9. The van der Waals surface area contributed by atoms with E-state index in [0.717, 1.165) is 9.13 Å². The normalized spacial score (nSPS) is 10.2. The topological polar surface area (TPSA) is 46.9 Å². The third kappa shape index (κ3) is 3.06. The van der Waals surface area contributed by atoms with E-state index in [9.17, 15) is 4.79 Å². The van der Waals surface area contributed by atoms with E-state index in [0.29, 0.717) is 12.2 Å². The lowest BCUT2D eigenvalue weighted by molar-refractivity contribution is 0.0944. The molecule has 0 unspecified atom stereocenters. The molecule has 5 heteroatoms. The van der Waals surface area contributed by atoms with E-state index in [2.05, 4.69) is 33.0 Å². The Kier molecular flexibility index (Phi) is 3.78. The molecule has 0 radical (unpaired) electrons. The third-order valence-corrected chi connectivity index (χ3v) is 3.08. The molecule has 1 N–H and O–H groups in total. The van der Waals surface area contributed by atoms with Crippen LogP contribution >= 0.6 is 22.6 Å². The fraction of sp³-hybridized carbons (Fsp3) is 0.167. The number of carbonyl (C=O) groups excluding carboxylic acids is 1. The van der Waals surface area contributed by atoms with Crippen LogP contribution in [-0.2, 0) is 13.6 Å². The second-order valence-electron chi connectivity index (χ2n) is 3.67. The summed E-state index contributed by atoms with van der Waals surface area (Å²) < 4.78 is 2.50. The Morgan fingerprint density at radius 3 is 2.71 bits per heavy atom. The molecule has 1 amide bonds. The van der Waals surface area contributed by atoms with Crippen molar-refractivity contribution in [1.29, 1.82) is 0 Å².